The molecule has 3 heterocycles. The second-order valence-electron chi connectivity index (χ2n) is 11.9. The summed E-state index contributed by atoms with van der Waals surface area (Å²) in [6.07, 6.45) is 6.04. The van der Waals surface area contributed by atoms with Gasteiger partial charge < -0.3 is 29.3 Å². The highest BCUT2D eigenvalue weighted by molar-refractivity contribution is 6.30. The third kappa shape index (κ3) is 7.71. The van der Waals surface area contributed by atoms with Gasteiger partial charge in [-0.3, -0.25) is 0 Å². The number of fused-ring (bicyclic) bond motifs is 1. The standard InChI is InChI=1S/C31H40ClN5O4/c1-31(2,3)41-30(38)37-13-6-5-10-23(37)19-39-25-17-26-28(27(18-25)40-24-11-14-36(4)15-12-24)29(34-20-33-26)35-22-9-7-8-21(32)16-22/h7-9,16-18,20,23-24H,5-6,10-15,19H2,1-4H3,(H,33,34,35). The zero-order valence-electron chi connectivity index (χ0n) is 24.4. The predicted molar refractivity (Wildman–Crippen MR) is 161 cm³/mol. The molecular weight excluding hydrogens is 542 g/mol. The second kappa shape index (κ2) is 12.7. The average molecular weight is 582 g/mol. The Morgan fingerprint density at radius 3 is 2.63 bits per heavy atom. The fourth-order valence-corrected chi connectivity index (χ4v) is 5.50. The van der Waals surface area contributed by atoms with Gasteiger partial charge in [0.2, 0.25) is 0 Å². The van der Waals surface area contributed by atoms with Crippen LogP contribution in [0, 0.1) is 0 Å². The smallest absolute Gasteiger partial charge is 0.410 e. The molecule has 10 heteroatoms. The van der Waals surface area contributed by atoms with Crippen molar-refractivity contribution < 1.29 is 19.0 Å². The Morgan fingerprint density at radius 2 is 1.88 bits per heavy atom. The number of carbonyl (C=O) groups is 1. The number of amides is 1. The Bertz CT molecular complexity index is 1360. The largest absolute Gasteiger partial charge is 0.491 e. The Balaban J connectivity index is 1.42. The third-order valence-corrected chi connectivity index (χ3v) is 7.65. The summed E-state index contributed by atoms with van der Waals surface area (Å²) in [6.45, 7) is 8.64. The van der Waals surface area contributed by atoms with Crippen LogP contribution in [0.5, 0.6) is 11.5 Å². The highest BCUT2D eigenvalue weighted by Crippen LogP contribution is 2.37. The number of hydrogen-bond acceptors (Lipinski definition) is 8. The molecule has 1 atom stereocenters. The molecule has 0 spiro atoms. The second-order valence-corrected chi connectivity index (χ2v) is 12.4. The summed E-state index contributed by atoms with van der Waals surface area (Å²) < 4.78 is 18.7. The molecule has 2 aromatic carbocycles. The fraction of sp³-hybridized carbons (Fsp3) is 0.516. The first-order valence-electron chi connectivity index (χ1n) is 14.4. The molecule has 0 aliphatic carbocycles. The lowest BCUT2D eigenvalue weighted by molar-refractivity contribution is 0.00358. The molecule has 1 aromatic heterocycles. The summed E-state index contributed by atoms with van der Waals surface area (Å²) in [6, 6.07) is 11.3. The molecule has 2 aliphatic heterocycles. The quantitative estimate of drug-likeness (QED) is 0.331. The number of halogens is 1. The van der Waals surface area contributed by atoms with Gasteiger partial charge in [-0.1, -0.05) is 17.7 Å². The SMILES string of the molecule is CN1CCC(Oc2cc(OCC3CCCCN3C(=O)OC(C)(C)C)cc3ncnc(Nc4cccc(Cl)c4)c23)CC1. The van der Waals surface area contributed by atoms with E-state index in [2.05, 4.69) is 27.2 Å². The van der Waals surface area contributed by atoms with Gasteiger partial charge in [-0.25, -0.2) is 14.8 Å². The summed E-state index contributed by atoms with van der Waals surface area (Å²) in [7, 11) is 2.13. The summed E-state index contributed by atoms with van der Waals surface area (Å²) in [5, 5.41) is 4.81. The number of ether oxygens (including phenoxy) is 3. The van der Waals surface area contributed by atoms with E-state index in [1.54, 1.807) is 4.90 Å². The molecule has 2 aliphatic rings. The predicted octanol–water partition coefficient (Wildman–Crippen LogP) is 6.67. The van der Waals surface area contributed by atoms with Crippen molar-refractivity contribution in [2.24, 2.45) is 0 Å². The van der Waals surface area contributed by atoms with Crippen LogP contribution in [0.25, 0.3) is 10.9 Å². The van der Waals surface area contributed by atoms with Gasteiger partial charge in [0.15, 0.2) is 0 Å². The lowest BCUT2D eigenvalue weighted by Crippen LogP contribution is -2.48. The number of anilines is 2. The van der Waals surface area contributed by atoms with E-state index in [9.17, 15) is 4.79 Å². The van der Waals surface area contributed by atoms with Gasteiger partial charge in [-0.05, 0) is 78.1 Å². The highest BCUT2D eigenvalue weighted by Gasteiger charge is 2.31. The van der Waals surface area contributed by atoms with Crippen LogP contribution in [0.3, 0.4) is 0 Å². The van der Waals surface area contributed by atoms with Crippen molar-refractivity contribution in [1.82, 2.24) is 19.8 Å². The van der Waals surface area contributed by atoms with E-state index in [-0.39, 0.29) is 18.2 Å². The number of benzene rings is 2. The molecule has 2 saturated heterocycles. The van der Waals surface area contributed by atoms with Crippen LogP contribution in [-0.4, -0.2) is 76.9 Å². The van der Waals surface area contributed by atoms with E-state index in [1.807, 2.05) is 57.2 Å². The van der Waals surface area contributed by atoms with Gasteiger partial charge in [-0.15, -0.1) is 0 Å². The molecule has 1 amide bonds. The molecule has 0 radical (unpaired) electrons. The molecular formula is C31H40ClN5O4. The highest BCUT2D eigenvalue weighted by atomic mass is 35.5. The van der Waals surface area contributed by atoms with Crippen molar-refractivity contribution in [1.29, 1.82) is 0 Å². The van der Waals surface area contributed by atoms with Crippen molar-refractivity contribution in [2.75, 3.05) is 38.6 Å². The number of likely N-dealkylation sites (tertiary alicyclic amines) is 2. The summed E-state index contributed by atoms with van der Waals surface area (Å²) in [5.74, 6) is 1.95. The maximum atomic E-state index is 12.9. The molecule has 41 heavy (non-hydrogen) atoms. The Morgan fingerprint density at radius 1 is 1.07 bits per heavy atom. The Hall–Kier alpha value is -3.30. The summed E-state index contributed by atoms with van der Waals surface area (Å²) in [5.41, 5.74) is 0.981. The number of aromatic nitrogens is 2. The van der Waals surface area contributed by atoms with E-state index in [0.29, 0.717) is 41.0 Å². The van der Waals surface area contributed by atoms with Crippen LogP contribution in [0.2, 0.25) is 5.02 Å². The zero-order chi connectivity index (χ0) is 29.0. The molecule has 0 bridgehead atoms. The van der Waals surface area contributed by atoms with E-state index in [0.717, 1.165) is 56.3 Å². The Kier molecular flexibility index (Phi) is 9.04. The van der Waals surface area contributed by atoms with E-state index in [4.69, 9.17) is 25.8 Å². The van der Waals surface area contributed by atoms with Crippen LogP contribution < -0.4 is 14.8 Å². The first-order valence-corrected chi connectivity index (χ1v) is 14.8. The number of rotatable bonds is 7. The van der Waals surface area contributed by atoms with Crippen molar-refractivity contribution in [3.8, 4) is 11.5 Å². The summed E-state index contributed by atoms with van der Waals surface area (Å²) in [4.78, 5) is 26.2. The minimum Gasteiger partial charge on any atom is -0.491 e. The van der Waals surface area contributed by atoms with Crippen LogP contribution in [0.4, 0.5) is 16.3 Å². The van der Waals surface area contributed by atoms with Gasteiger partial charge in [-0.2, -0.15) is 0 Å². The van der Waals surface area contributed by atoms with Crippen molar-refractivity contribution in [3.63, 3.8) is 0 Å². The topological polar surface area (TPSA) is 89.1 Å². The van der Waals surface area contributed by atoms with Gasteiger partial charge >= 0.3 is 6.09 Å². The van der Waals surface area contributed by atoms with Gasteiger partial charge in [0.1, 0.15) is 42.0 Å². The summed E-state index contributed by atoms with van der Waals surface area (Å²) >= 11 is 6.23. The van der Waals surface area contributed by atoms with Crippen LogP contribution in [-0.2, 0) is 4.74 Å². The number of nitrogens with zero attached hydrogens (tertiary/aromatic N) is 4. The van der Waals surface area contributed by atoms with Crippen LogP contribution in [0.1, 0.15) is 52.9 Å². The number of nitrogens with one attached hydrogen (secondary N) is 1. The van der Waals surface area contributed by atoms with Gasteiger partial charge in [0.05, 0.1) is 16.9 Å². The van der Waals surface area contributed by atoms with Gasteiger partial charge in [0.25, 0.3) is 0 Å². The monoisotopic (exact) mass is 581 g/mol. The molecule has 1 N–H and O–H groups in total. The van der Waals surface area contributed by atoms with Gasteiger partial charge in [0, 0.05) is 42.5 Å². The third-order valence-electron chi connectivity index (χ3n) is 7.42. The minimum absolute atomic E-state index is 0.0713. The number of hydrogen-bond donors (Lipinski definition) is 1. The first kappa shape index (κ1) is 29.2. The lowest BCUT2D eigenvalue weighted by atomic mass is 10.0. The molecule has 5 rings (SSSR count). The minimum atomic E-state index is -0.547. The van der Waals surface area contributed by atoms with Crippen LogP contribution in [0.15, 0.2) is 42.7 Å². The first-order chi connectivity index (χ1) is 19.6. The molecule has 220 valence electrons. The lowest BCUT2D eigenvalue weighted by Gasteiger charge is -2.36. The van der Waals surface area contributed by atoms with E-state index < -0.39 is 5.60 Å². The fourth-order valence-electron chi connectivity index (χ4n) is 5.31. The number of carbonyl (C=O) groups excluding carboxylic acids is 1. The van der Waals surface area contributed by atoms with E-state index >= 15 is 0 Å². The molecule has 9 nitrogen and oxygen atoms in total. The molecule has 1 unspecified atom stereocenters. The number of piperidine rings is 2. The Labute approximate surface area is 247 Å². The van der Waals surface area contributed by atoms with Crippen molar-refractivity contribution in [2.45, 2.75) is 70.6 Å². The maximum absolute atomic E-state index is 12.9. The zero-order valence-corrected chi connectivity index (χ0v) is 25.1. The van der Waals surface area contributed by atoms with Crippen molar-refractivity contribution >= 4 is 40.1 Å². The molecule has 3 aromatic rings. The van der Waals surface area contributed by atoms with Crippen molar-refractivity contribution in [3.05, 3.63) is 47.7 Å². The maximum Gasteiger partial charge on any atom is 0.410 e. The van der Waals surface area contributed by atoms with Crippen LogP contribution >= 0.6 is 11.6 Å². The van der Waals surface area contributed by atoms with E-state index in [1.165, 1.54) is 6.33 Å². The molecule has 2 fully saturated rings. The normalized spacial score (nSPS) is 18.8. The average Bonchev–Trinajstić information content (AvgIpc) is 2.92. The molecule has 0 saturated carbocycles.